The normalized spacial score (nSPS) is 10.6. The highest BCUT2D eigenvalue weighted by molar-refractivity contribution is 5.91. The minimum atomic E-state index is -0.489. The van der Waals surface area contributed by atoms with Crippen molar-refractivity contribution < 1.29 is 18.7 Å². The van der Waals surface area contributed by atoms with Crippen molar-refractivity contribution in [3.05, 3.63) is 60.0 Å². The molecule has 0 aliphatic carbocycles. The second-order valence-corrected chi connectivity index (χ2v) is 4.62. The van der Waals surface area contributed by atoms with Crippen LogP contribution in [0.15, 0.2) is 53.1 Å². The predicted octanol–water partition coefficient (Wildman–Crippen LogP) is 3.58. The van der Waals surface area contributed by atoms with Crippen molar-refractivity contribution in [2.24, 2.45) is 0 Å². The summed E-state index contributed by atoms with van der Waals surface area (Å²) < 4.78 is 16.2. The number of hydrogen-bond donors (Lipinski definition) is 0. The van der Waals surface area contributed by atoms with Crippen LogP contribution in [0.4, 0.5) is 0 Å². The Bertz CT molecular complexity index is 761. The molecule has 0 unspecified atom stereocenters. The van der Waals surface area contributed by atoms with Gasteiger partial charge in [-0.25, -0.2) is 9.78 Å². The molecule has 22 heavy (non-hydrogen) atoms. The van der Waals surface area contributed by atoms with Crippen molar-refractivity contribution in [1.82, 2.24) is 4.98 Å². The van der Waals surface area contributed by atoms with E-state index < -0.39 is 5.97 Å². The highest BCUT2D eigenvalue weighted by Gasteiger charge is 2.15. The Labute approximate surface area is 127 Å². The van der Waals surface area contributed by atoms with Crippen LogP contribution < -0.4 is 4.74 Å². The van der Waals surface area contributed by atoms with E-state index in [0.717, 1.165) is 11.0 Å². The number of carbonyl (C=O) groups is 1. The minimum Gasteiger partial charge on any atom is -0.477 e. The number of furan rings is 1. The van der Waals surface area contributed by atoms with Crippen LogP contribution in [-0.4, -0.2) is 17.6 Å². The zero-order chi connectivity index (χ0) is 15.4. The molecule has 5 heteroatoms. The molecule has 0 spiro atoms. The van der Waals surface area contributed by atoms with E-state index in [4.69, 9.17) is 13.9 Å². The van der Waals surface area contributed by atoms with Gasteiger partial charge in [-0.2, -0.15) is 0 Å². The maximum atomic E-state index is 12.1. The van der Waals surface area contributed by atoms with E-state index in [1.54, 1.807) is 18.3 Å². The van der Waals surface area contributed by atoms with E-state index in [-0.39, 0.29) is 12.5 Å². The number of benzene rings is 1. The highest BCUT2D eigenvalue weighted by Crippen LogP contribution is 2.21. The molecular formula is C17H15NO4. The molecule has 0 fully saturated rings. The Hall–Kier alpha value is -2.82. The molecule has 0 bridgehead atoms. The van der Waals surface area contributed by atoms with Crippen molar-refractivity contribution in [3.8, 4) is 5.88 Å². The summed E-state index contributed by atoms with van der Waals surface area (Å²) in [6, 6.07) is 12.8. The van der Waals surface area contributed by atoms with Gasteiger partial charge in [-0.3, -0.25) is 0 Å². The number of rotatable bonds is 5. The monoisotopic (exact) mass is 297 g/mol. The first-order valence-corrected chi connectivity index (χ1v) is 7.00. The van der Waals surface area contributed by atoms with Crippen LogP contribution in [0.3, 0.4) is 0 Å². The van der Waals surface area contributed by atoms with Crippen molar-refractivity contribution in [3.63, 3.8) is 0 Å². The van der Waals surface area contributed by atoms with E-state index in [0.29, 0.717) is 17.9 Å². The van der Waals surface area contributed by atoms with Crippen LogP contribution in [0.1, 0.15) is 23.0 Å². The van der Waals surface area contributed by atoms with Gasteiger partial charge in [-0.15, -0.1) is 0 Å². The predicted molar refractivity (Wildman–Crippen MR) is 80.7 cm³/mol. The van der Waals surface area contributed by atoms with Gasteiger partial charge in [0.15, 0.2) is 0 Å². The maximum Gasteiger partial charge on any atom is 0.344 e. The molecule has 5 nitrogen and oxygen atoms in total. The fraction of sp³-hybridized carbons (Fsp3) is 0.176. The minimum absolute atomic E-state index is 0.0635. The van der Waals surface area contributed by atoms with Gasteiger partial charge >= 0.3 is 5.97 Å². The molecule has 112 valence electrons. The average Bonchev–Trinajstić information content (AvgIpc) is 2.96. The van der Waals surface area contributed by atoms with Gasteiger partial charge in [-0.05, 0) is 31.2 Å². The van der Waals surface area contributed by atoms with E-state index in [1.165, 1.54) is 0 Å². The molecule has 3 rings (SSSR count). The topological polar surface area (TPSA) is 61.6 Å². The first-order valence-electron chi connectivity index (χ1n) is 7.00. The second kappa shape index (κ2) is 6.30. The van der Waals surface area contributed by atoms with Gasteiger partial charge in [0.1, 0.15) is 23.5 Å². The number of ether oxygens (including phenoxy) is 2. The number of hydrogen-bond acceptors (Lipinski definition) is 5. The van der Waals surface area contributed by atoms with Crippen molar-refractivity contribution in [1.29, 1.82) is 0 Å². The Morgan fingerprint density at radius 1 is 1.23 bits per heavy atom. The van der Waals surface area contributed by atoms with Gasteiger partial charge in [0.05, 0.1) is 6.61 Å². The number of nitrogens with zero attached hydrogens (tertiary/aromatic N) is 1. The van der Waals surface area contributed by atoms with Crippen molar-refractivity contribution in [2.75, 3.05) is 6.61 Å². The van der Waals surface area contributed by atoms with E-state index >= 15 is 0 Å². The fourth-order valence-corrected chi connectivity index (χ4v) is 2.12. The molecule has 0 amide bonds. The molecule has 0 aliphatic heterocycles. The van der Waals surface area contributed by atoms with Crippen LogP contribution in [0, 0.1) is 0 Å². The first-order chi connectivity index (χ1) is 10.8. The van der Waals surface area contributed by atoms with Gasteiger partial charge in [0, 0.05) is 11.6 Å². The fourth-order valence-electron chi connectivity index (χ4n) is 2.12. The Balaban J connectivity index is 1.72. The quantitative estimate of drug-likeness (QED) is 0.673. The Morgan fingerprint density at radius 2 is 2.09 bits per heavy atom. The highest BCUT2D eigenvalue weighted by atomic mass is 16.5. The van der Waals surface area contributed by atoms with Crippen molar-refractivity contribution in [2.45, 2.75) is 13.5 Å². The first kappa shape index (κ1) is 14.1. The molecule has 0 radical (unpaired) electrons. The van der Waals surface area contributed by atoms with Crippen LogP contribution >= 0.6 is 0 Å². The molecular weight excluding hydrogens is 282 g/mol. The molecule has 2 heterocycles. The van der Waals surface area contributed by atoms with Crippen LogP contribution in [0.5, 0.6) is 5.88 Å². The summed E-state index contributed by atoms with van der Waals surface area (Å²) in [5, 5.41) is 0.977. The van der Waals surface area contributed by atoms with Gasteiger partial charge in [-0.1, -0.05) is 18.2 Å². The molecule has 0 saturated carbocycles. The average molecular weight is 297 g/mol. The van der Waals surface area contributed by atoms with E-state index in [9.17, 15) is 4.79 Å². The summed E-state index contributed by atoms with van der Waals surface area (Å²) in [5.74, 6) is 0.382. The summed E-state index contributed by atoms with van der Waals surface area (Å²) >= 11 is 0. The zero-order valence-electron chi connectivity index (χ0n) is 12.1. The standard InChI is InChI=1S/C17H15NO4/c1-2-20-16-14(7-5-9-18-16)17(19)21-11-13-10-12-6-3-4-8-15(12)22-13/h3-10H,2,11H2,1H3. The third-order valence-electron chi connectivity index (χ3n) is 3.09. The molecule has 0 N–H and O–H groups in total. The van der Waals surface area contributed by atoms with Crippen LogP contribution in [0.25, 0.3) is 11.0 Å². The SMILES string of the molecule is CCOc1ncccc1C(=O)OCc1cc2ccccc2o1. The zero-order valence-corrected chi connectivity index (χ0v) is 12.1. The number of para-hydroxylation sites is 1. The molecule has 0 atom stereocenters. The van der Waals surface area contributed by atoms with Crippen molar-refractivity contribution >= 4 is 16.9 Å². The molecule has 1 aromatic carbocycles. The molecule has 0 saturated heterocycles. The van der Waals surface area contributed by atoms with Crippen LogP contribution in [0.2, 0.25) is 0 Å². The van der Waals surface area contributed by atoms with E-state index in [2.05, 4.69) is 4.98 Å². The summed E-state index contributed by atoms with van der Waals surface area (Å²) in [7, 11) is 0. The number of fused-ring (bicyclic) bond motifs is 1. The maximum absolute atomic E-state index is 12.1. The lowest BCUT2D eigenvalue weighted by molar-refractivity contribution is 0.0442. The lowest BCUT2D eigenvalue weighted by Crippen LogP contribution is -2.09. The Morgan fingerprint density at radius 3 is 2.91 bits per heavy atom. The molecule has 0 aliphatic rings. The summed E-state index contributed by atoms with van der Waals surface area (Å²) in [6.45, 7) is 2.33. The molecule has 3 aromatic rings. The lowest BCUT2D eigenvalue weighted by atomic mass is 10.2. The second-order valence-electron chi connectivity index (χ2n) is 4.62. The number of aromatic nitrogens is 1. The van der Waals surface area contributed by atoms with E-state index in [1.807, 2.05) is 37.3 Å². The van der Waals surface area contributed by atoms with Gasteiger partial charge in [0.25, 0.3) is 0 Å². The Kier molecular flexibility index (Phi) is 4.05. The number of pyridine rings is 1. The number of carbonyl (C=O) groups excluding carboxylic acids is 1. The molecule has 2 aromatic heterocycles. The summed E-state index contributed by atoms with van der Waals surface area (Å²) in [4.78, 5) is 16.2. The summed E-state index contributed by atoms with van der Waals surface area (Å²) in [5.41, 5.74) is 1.07. The third-order valence-corrected chi connectivity index (χ3v) is 3.09. The largest absolute Gasteiger partial charge is 0.477 e. The van der Waals surface area contributed by atoms with Crippen LogP contribution in [-0.2, 0) is 11.3 Å². The van der Waals surface area contributed by atoms with Gasteiger partial charge in [0.2, 0.25) is 5.88 Å². The van der Waals surface area contributed by atoms with Gasteiger partial charge < -0.3 is 13.9 Å². The summed E-state index contributed by atoms with van der Waals surface area (Å²) in [6.07, 6.45) is 1.57. The lowest BCUT2D eigenvalue weighted by Gasteiger charge is -2.07. The smallest absolute Gasteiger partial charge is 0.344 e. The number of esters is 1. The third kappa shape index (κ3) is 2.93.